The molecule has 2 aromatic rings. The standard InChI is InChI=1S/2C7H7NO2.Pb.2H/c2*8-7(10)5-3-1-2-4-6(5)9;;;/h2*1-4,9H,(H2,8,10);;;. The Bertz CT molecular complexity index is 576. The molecule has 0 heterocycles. The number of carbonyl (C=O) groups is 2. The van der Waals surface area contributed by atoms with E-state index in [1.54, 1.807) is 24.3 Å². The number of rotatable bonds is 2. The molecule has 0 spiro atoms. The molecule has 0 saturated heterocycles. The number of hydrogen-bond acceptors (Lipinski definition) is 4. The van der Waals surface area contributed by atoms with Crippen molar-refractivity contribution in [2.24, 2.45) is 11.5 Å². The van der Waals surface area contributed by atoms with Crippen molar-refractivity contribution < 1.29 is 19.8 Å². The zero-order valence-electron chi connectivity index (χ0n) is 11.2. The van der Waals surface area contributed by atoms with Gasteiger partial charge in [-0.2, -0.15) is 0 Å². The Labute approximate surface area is 141 Å². The van der Waals surface area contributed by atoms with Gasteiger partial charge in [0.2, 0.25) is 0 Å². The molecule has 2 amide bonds. The van der Waals surface area contributed by atoms with E-state index < -0.39 is 11.8 Å². The van der Waals surface area contributed by atoms with Gasteiger partial charge in [0.05, 0.1) is 11.1 Å². The SMILES string of the molecule is NC(=O)c1ccccc1O.NC(=O)c1ccccc1O.[PbH2]. The molecule has 2 rings (SSSR count). The van der Waals surface area contributed by atoms with E-state index in [4.69, 9.17) is 21.7 Å². The minimum atomic E-state index is -0.613. The molecule has 0 atom stereocenters. The van der Waals surface area contributed by atoms with E-state index in [1.165, 1.54) is 24.3 Å². The van der Waals surface area contributed by atoms with Crippen LogP contribution < -0.4 is 11.5 Å². The van der Waals surface area contributed by atoms with Gasteiger partial charge in [0.25, 0.3) is 11.8 Å². The van der Waals surface area contributed by atoms with E-state index >= 15 is 0 Å². The van der Waals surface area contributed by atoms with Crippen molar-refractivity contribution in [2.75, 3.05) is 0 Å². The van der Waals surface area contributed by atoms with Crippen molar-refractivity contribution in [1.29, 1.82) is 0 Å². The first-order valence-corrected chi connectivity index (χ1v) is 5.59. The Balaban J connectivity index is 0.000000364. The molecule has 0 bridgehead atoms. The first-order valence-electron chi connectivity index (χ1n) is 5.59. The zero-order chi connectivity index (χ0) is 15.1. The van der Waals surface area contributed by atoms with Gasteiger partial charge in [0.1, 0.15) is 11.5 Å². The van der Waals surface area contributed by atoms with Crippen LogP contribution in [-0.2, 0) is 0 Å². The number of phenols is 2. The topological polar surface area (TPSA) is 127 Å². The quantitative estimate of drug-likeness (QED) is 0.451. The van der Waals surface area contributed by atoms with Gasteiger partial charge in [-0.3, -0.25) is 9.59 Å². The van der Waals surface area contributed by atoms with Crippen LogP contribution in [0.4, 0.5) is 0 Å². The minimum absolute atomic E-state index is 0. The number of amides is 2. The Morgan fingerprint density at radius 1 is 0.714 bits per heavy atom. The molecule has 7 heteroatoms. The van der Waals surface area contributed by atoms with Crippen LogP contribution in [0.1, 0.15) is 20.7 Å². The molecular formula is C14H16N2O4Pb. The molecule has 6 N–H and O–H groups in total. The summed E-state index contributed by atoms with van der Waals surface area (Å²) in [6.07, 6.45) is 0. The van der Waals surface area contributed by atoms with Gasteiger partial charge < -0.3 is 21.7 Å². The van der Waals surface area contributed by atoms with Gasteiger partial charge >= 0.3 is 27.3 Å². The molecule has 0 saturated carbocycles. The third-order valence-corrected chi connectivity index (χ3v) is 2.34. The Morgan fingerprint density at radius 2 is 1.00 bits per heavy atom. The molecule has 0 aliphatic carbocycles. The summed E-state index contributed by atoms with van der Waals surface area (Å²) < 4.78 is 0. The van der Waals surface area contributed by atoms with Gasteiger partial charge in [-0.15, -0.1) is 0 Å². The summed E-state index contributed by atoms with van der Waals surface area (Å²) in [7, 11) is 0. The molecule has 0 aliphatic heterocycles. The van der Waals surface area contributed by atoms with Crippen LogP contribution in [0.2, 0.25) is 0 Å². The van der Waals surface area contributed by atoms with Gasteiger partial charge in [0.15, 0.2) is 0 Å². The van der Waals surface area contributed by atoms with Crippen molar-refractivity contribution in [2.45, 2.75) is 0 Å². The Hall–Kier alpha value is -2.10. The van der Waals surface area contributed by atoms with E-state index in [2.05, 4.69) is 0 Å². The van der Waals surface area contributed by atoms with Crippen LogP contribution in [0, 0.1) is 0 Å². The molecular weight excluding hydrogens is 467 g/mol. The second-order valence-corrected chi connectivity index (χ2v) is 3.76. The third-order valence-electron chi connectivity index (χ3n) is 2.34. The van der Waals surface area contributed by atoms with E-state index in [1.807, 2.05) is 0 Å². The predicted octanol–water partition coefficient (Wildman–Crippen LogP) is 0.0660. The Kier molecular flexibility index (Phi) is 8.06. The molecule has 0 unspecified atom stereocenters. The normalized spacial score (nSPS) is 8.76. The van der Waals surface area contributed by atoms with Crippen LogP contribution in [0.3, 0.4) is 0 Å². The number of primary amides is 2. The maximum atomic E-state index is 10.5. The van der Waals surface area contributed by atoms with E-state index in [0.717, 1.165) is 0 Å². The first-order chi connectivity index (χ1) is 9.43. The summed E-state index contributed by atoms with van der Waals surface area (Å²) in [5, 5.41) is 18.0. The van der Waals surface area contributed by atoms with Crippen LogP contribution >= 0.6 is 0 Å². The van der Waals surface area contributed by atoms with Crippen molar-refractivity contribution >= 4 is 39.1 Å². The predicted molar refractivity (Wildman–Crippen MR) is 81.8 cm³/mol. The summed E-state index contributed by atoms with van der Waals surface area (Å²) >= 11 is 0. The summed E-state index contributed by atoms with van der Waals surface area (Å²) in [6, 6.07) is 12.3. The number of para-hydroxylation sites is 2. The van der Waals surface area contributed by atoms with Crippen LogP contribution in [-0.4, -0.2) is 49.3 Å². The van der Waals surface area contributed by atoms with Crippen LogP contribution in [0.15, 0.2) is 48.5 Å². The van der Waals surface area contributed by atoms with Crippen molar-refractivity contribution in [1.82, 2.24) is 0 Å². The monoisotopic (exact) mass is 484 g/mol. The fourth-order valence-electron chi connectivity index (χ4n) is 1.36. The summed E-state index contributed by atoms with van der Waals surface area (Å²) in [5.41, 5.74) is 10.1. The van der Waals surface area contributed by atoms with Crippen LogP contribution in [0.25, 0.3) is 0 Å². The molecule has 6 nitrogen and oxygen atoms in total. The zero-order valence-corrected chi connectivity index (χ0v) is 16.7. The van der Waals surface area contributed by atoms with Gasteiger partial charge in [-0.1, -0.05) is 24.3 Å². The average molecular weight is 483 g/mol. The number of hydrogen-bond donors (Lipinski definition) is 4. The van der Waals surface area contributed by atoms with E-state index in [0.29, 0.717) is 0 Å². The summed E-state index contributed by atoms with van der Waals surface area (Å²) in [6.45, 7) is 0. The molecule has 0 aliphatic rings. The van der Waals surface area contributed by atoms with Gasteiger partial charge in [-0.25, -0.2) is 0 Å². The number of nitrogens with two attached hydrogens (primary N) is 2. The van der Waals surface area contributed by atoms with E-state index in [9.17, 15) is 9.59 Å². The number of aromatic hydroxyl groups is 2. The van der Waals surface area contributed by atoms with Gasteiger partial charge in [0, 0.05) is 0 Å². The molecule has 2 radical (unpaired) electrons. The first kappa shape index (κ1) is 18.9. The van der Waals surface area contributed by atoms with Crippen molar-refractivity contribution in [3.05, 3.63) is 59.7 Å². The fourth-order valence-corrected chi connectivity index (χ4v) is 1.36. The summed E-state index contributed by atoms with van der Waals surface area (Å²) in [5.74, 6) is -1.37. The molecule has 2 aromatic carbocycles. The van der Waals surface area contributed by atoms with Crippen LogP contribution in [0.5, 0.6) is 11.5 Å². The second kappa shape index (κ2) is 8.95. The van der Waals surface area contributed by atoms with Crippen molar-refractivity contribution in [3.8, 4) is 11.5 Å². The summed E-state index contributed by atoms with van der Waals surface area (Å²) in [4.78, 5) is 21.0. The number of carbonyl (C=O) groups excluding carboxylic acids is 2. The Morgan fingerprint density at radius 3 is 1.19 bits per heavy atom. The third kappa shape index (κ3) is 5.81. The van der Waals surface area contributed by atoms with E-state index in [-0.39, 0.29) is 49.9 Å². The average Bonchev–Trinajstić information content (AvgIpc) is 2.40. The number of benzene rings is 2. The molecule has 110 valence electrons. The fraction of sp³-hybridized carbons (Fsp3) is 0. The molecule has 0 fully saturated rings. The molecule has 0 aromatic heterocycles. The molecule has 21 heavy (non-hydrogen) atoms. The van der Waals surface area contributed by atoms with Crippen molar-refractivity contribution in [3.63, 3.8) is 0 Å². The van der Waals surface area contributed by atoms with Gasteiger partial charge in [-0.05, 0) is 24.3 Å². The second-order valence-electron chi connectivity index (χ2n) is 3.76. The maximum absolute atomic E-state index is 10.5.